The summed E-state index contributed by atoms with van der Waals surface area (Å²) in [5.74, 6) is -0.434. The van der Waals surface area contributed by atoms with Gasteiger partial charge in [0.2, 0.25) is 0 Å². The van der Waals surface area contributed by atoms with Crippen molar-refractivity contribution in [3.63, 3.8) is 0 Å². The Balaban J connectivity index is 1.81. The van der Waals surface area contributed by atoms with Gasteiger partial charge in [-0.25, -0.2) is 0 Å². The van der Waals surface area contributed by atoms with Gasteiger partial charge in [0, 0.05) is 25.7 Å². The van der Waals surface area contributed by atoms with Gasteiger partial charge in [-0.2, -0.15) is 4.73 Å². The van der Waals surface area contributed by atoms with E-state index in [2.05, 4.69) is 22.3 Å². The molecular formula is C20H19N3O2. The zero-order chi connectivity index (χ0) is 17.6. The Morgan fingerprint density at radius 1 is 1.00 bits per heavy atom. The van der Waals surface area contributed by atoms with E-state index in [-0.39, 0.29) is 5.69 Å². The monoisotopic (exact) mass is 333 g/mol. The Morgan fingerprint density at radius 2 is 1.68 bits per heavy atom. The number of aromatic nitrogens is 1. The van der Waals surface area contributed by atoms with Crippen molar-refractivity contribution >= 4 is 17.3 Å². The Bertz CT molecular complexity index is 866. The lowest BCUT2D eigenvalue weighted by molar-refractivity contribution is -0.607. The Kier molecular flexibility index (Phi) is 4.95. The summed E-state index contributed by atoms with van der Waals surface area (Å²) in [6.45, 7) is 0.709. The van der Waals surface area contributed by atoms with Crippen LogP contribution < -0.4 is 14.9 Å². The lowest BCUT2D eigenvalue weighted by Crippen LogP contribution is -2.36. The summed E-state index contributed by atoms with van der Waals surface area (Å²) in [4.78, 5) is 14.5. The van der Waals surface area contributed by atoms with Crippen molar-refractivity contribution in [2.24, 2.45) is 0 Å². The van der Waals surface area contributed by atoms with E-state index in [0.717, 1.165) is 5.69 Å². The molecule has 0 saturated carbocycles. The number of carbonyl (C=O) groups excluding carboxylic acids is 1. The number of hydrogen-bond acceptors (Lipinski definition) is 3. The number of benzene rings is 2. The molecule has 0 saturated heterocycles. The summed E-state index contributed by atoms with van der Waals surface area (Å²) >= 11 is 0. The Labute approximate surface area is 146 Å². The molecule has 1 amide bonds. The zero-order valence-corrected chi connectivity index (χ0v) is 13.9. The number of amides is 1. The number of nitrogens with zero attached hydrogens (tertiary/aromatic N) is 2. The number of para-hydroxylation sites is 2. The minimum absolute atomic E-state index is 0.0583. The van der Waals surface area contributed by atoms with Crippen LogP contribution >= 0.6 is 0 Å². The van der Waals surface area contributed by atoms with Gasteiger partial charge in [0.1, 0.15) is 0 Å². The first kappa shape index (κ1) is 16.5. The number of carbonyl (C=O) groups is 1. The first-order chi connectivity index (χ1) is 12.1. The van der Waals surface area contributed by atoms with Crippen LogP contribution in [0.25, 0.3) is 0 Å². The van der Waals surface area contributed by atoms with Gasteiger partial charge in [-0.3, -0.25) is 4.79 Å². The lowest BCUT2D eigenvalue weighted by Gasteiger charge is -2.22. The molecule has 2 aromatic carbocycles. The molecule has 0 radical (unpaired) electrons. The molecule has 0 bridgehead atoms. The van der Waals surface area contributed by atoms with Gasteiger partial charge in [-0.05, 0) is 23.8 Å². The second kappa shape index (κ2) is 7.49. The fraction of sp³-hybridized carbons (Fsp3) is 0.100. The summed E-state index contributed by atoms with van der Waals surface area (Å²) in [6.07, 6.45) is 1.31. The highest BCUT2D eigenvalue weighted by atomic mass is 16.5. The first-order valence-electron chi connectivity index (χ1n) is 7.99. The number of anilines is 2. The number of nitrogens with one attached hydrogen (secondary N) is 1. The summed E-state index contributed by atoms with van der Waals surface area (Å²) < 4.78 is 0.561. The van der Waals surface area contributed by atoms with Crippen LogP contribution in [0.15, 0.2) is 79.0 Å². The van der Waals surface area contributed by atoms with Crippen LogP contribution in [-0.2, 0) is 6.54 Å². The second-order valence-electron chi connectivity index (χ2n) is 5.72. The van der Waals surface area contributed by atoms with Crippen LogP contribution in [-0.4, -0.2) is 13.0 Å². The highest BCUT2D eigenvalue weighted by molar-refractivity contribution is 6.03. The maximum absolute atomic E-state index is 12.4. The van der Waals surface area contributed by atoms with Gasteiger partial charge >= 0.3 is 5.91 Å². The van der Waals surface area contributed by atoms with Crippen molar-refractivity contribution in [1.29, 1.82) is 0 Å². The van der Waals surface area contributed by atoms with Crippen LogP contribution in [0.3, 0.4) is 0 Å². The molecule has 5 heteroatoms. The summed E-state index contributed by atoms with van der Waals surface area (Å²) in [7, 11) is 1.97. The van der Waals surface area contributed by atoms with Crippen LogP contribution in [0.5, 0.6) is 0 Å². The summed E-state index contributed by atoms with van der Waals surface area (Å²) in [5.41, 5.74) is 2.78. The second-order valence-corrected chi connectivity index (χ2v) is 5.72. The smallest absolute Gasteiger partial charge is 0.321 e. The van der Waals surface area contributed by atoms with Crippen LogP contribution in [0.2, 0.25) is 0 Å². The average Bonchev–Trinajstić information content (AvgIpc) is 2.63. The minimum atomic E-state index is -0.434. The lowest BCUT2D eigenvalue weighted by atomic mass is 10.2. The molecule has 0 aliphatic rings. The summed E-state index contributed by atoms with van der Waals surface area (Å²) in [5, 5.41) is 14.6. The third kappa shape index (κ3) is 3.95. The van der Waals surface area contributed by atoms with Crippen molar-refractivity contribution in [1.82, 2.24) is 0 Å². The van der Waals surface area contributed by atoms with Crippen LogP contribution in [0.1, 0.15) is 16.1 Å². The molecule has 25 heavy (non-hydrogen) atoms. The van der Waals surface area contributed by atoms with Crippen molar-refractivity contribution in [2.45, 2.75) is 6.54 Å². The Morgan fingerprint density at radius 3 is 2.44 bits per heavy atom. The molecule has 0 spiro atoms. The topological polar surface area (TPSA) is 59.3 Å². The number of rotatable bonds is 5. The van der Waals surface area contributed by atoms with E-state index >= 15 is 0 Å². The number of hydrogen-bond donors (Lipinski definition) is 1. The molecule has 1 heterocycles. The minimum Gasteiger partial charge on any atom is -0.618 e. The highest BCUT2D eigenvalue weighted by Gasteiger charge is 2.17. The van der Waals surface area contributed by atoms with Crippen molar-refractivity contribution in [3.8, 4) is 0 Å². The average molecular weight is 333 g/mol. The largest absolute Gasteiger partial charge is 0.618 e. The third-order valence-corrected chi connectivity index (χ3v) is 3.88. The molecule has 3 aromatic rings. The quantitative estimate of drug-likeness (QED) is 0.576. The van der Waals surface area contributed by atoms with Gasteiger partial charge in [0.25, 0.3) is 5.69 Å². The van der Waals surface area contributed by atoms with E-state index in [1.165, 1.54) is 17.8 Å². The molecular weight excluding hydrogens is 314 g/mol. The van der Waals surface area contributed by atoms with Gasteiger partial charge in [0.05, 0.1) is 11.4 Å². The molecule has 1 N–H and O–H groups in total. The predicted molar refractivity (Wildman–Crippen MR) is 98.3 cm³/mol. The first-order valence-corrected chi connectivity index (χ1v) is 7.99. The van der Waals surface area contributed by atoms with E-state index in [1.54, 1.807) is 12.1 Å². The Hall–Kier alpha value is -3.34. The van der Waals surface area contributed by atoms with E-state index < -0.39 is 5.91 Å². The van der Waals surface area contributed by atoms with Gasteiger partial charge in [0.15, 0.2) is 6.20 Å². The maximum Gasteiger partial charge on any atom is 0.321 e. The van der Waals surface area contributed by atoms with Crippen LogP contribution in [0, 0.1) is 5.21 Å². The number of pyridine rings is 1. The van der Waals surface area contributed by atoms with Crippen molar-refractivity contribution in [3.05, 3.63) is 95.5 Å². The van der Waals surface area contributed by atoms with Gasteiger partial charge in [-0.15, -0.1) is 0 Å². The van der Waals surface area contributed by atoms with Crippen LogP contribution in [0.4, 0.5) is 11.4 Å². The molecule has 0 aliphatic carbocycles. The predicted octanol–water partition coefficient (Wildman–Crippen LogP) is 3.21. The molecule has 3 rings (SSSR count). The van der Waals surface area contributed by atoms with Crippen molar-refractivity contribution < 1.29 is 9.52 Å². The van der Waals surface area contributed by atoms with Crippen molar-refractivity contribution in [2.75, 3.05) is 17.3 Å². The fourth-order valence-electron chi connectivity index (χ4n) is 2.65. The SMILES string of the molecule is CN(Cc1ccccc1)c1ccccc1NC(=O)c1cccc[n+]1[O-]. The maximum atomic E-state index is 12.4. The van der Waals surface area contributed by atoms with E-state index in [4.69, 9.17) is 0 Å². The fourth-order valence-corrected chi connectivity index (χ4v) is 2.65. The molecule has 5 nitrogen and oxygen atoms in total. The standard InChI is InChI=1S/C20H19N3O2/c1-22(15-16-9-3-2-4-10-16)18-12-6-5-11-17(18)21-20(24)19-13-7-8-14-23(19)25/h2-14H,15H2,1H3,(H,21,24). The molecule has 1 aromatic heterocycles. The molecule has 126 valence electrons. The zero-order valence-electron chi connectivity index (χ0n) is 13.9. The van der Waals surface area contributed by atoms with Gasteiger partial charge in [-0.1, -0.05) is 42.5 Å². The summed E-state index contributed by atoms with van der Waals surface area (Å²) in [6, 6.07) is 22.4. The van der Waals surface area contributed by atoms with E-state index in [0.29, 0.717) is 17.0 Å². The molecule has 0 atom stereocenters. The van der Waals surface area contributed by atoms with E-state index in [1.807, 2.05) is 49.5 Å². The highest BCUT2D eigenvalue weighted by Crippen LogP contribution is 2.26. The molecule has 0 aliphatic heterocycles. The normalized spacial score (nSPS) is 10.3. The van der Waals surface area contributed by atoms with Gasteiger partial charge < -0.3 is 15.4 Å². The third-order valence-electron chi connectivity index (χ3n) is 3.88. The molecule has 0 fully saturated rings. The van der Waals surface area contributed by atoms with E-state index in [9.17, 15) is 10.0 Å². The molecule has 0 unspecified atom stereocenters.